The van der Waals surface area contributed by atoms with E-state index in [1.54, 1.807) is 31.2 Å². The minimum Gasteiger partial charge on any atom is -0.464 e. The maximum absolute atomic E-state index is 12.6. The van der Waals surface area contributed by atoms with Gasteiger partial charge in [-0.1, -0.05) is 66.7 Å². The molecule has 2 aromatic rings. The van der Waals surface area contributed by atoms with Crippen molar-refractivity contribution in [1.82, 2.24) is 4.90 Å². The van der Waals surface area contributed by atoms with Gasteiger partial charge in [-0.3, -0.25) is 10.2 Å². The summed E-state index contributed by atoms with van der Waals surface area (Å²) in [5.41, 5.74) is 4.63. The van der Waals surface area contributed by atoms with Crippen LogP contribution in [-0.2, 0) is 37.0 Å². The number of nitrogens with zero attached hydrogens (tertiary/aromatic N) is 2. The standard InChI is InChI=1S/C23H24ClN3O5/c1-4-20(28)27(16(2)22(29)32-15-17-10-6-5-7-11-17)14-18-12-8-9-13-19(18)25-26-21(24)23(30)31-3/h4-13,16,25H,1,14-15H2,2-3H3/b26-21+/t16-/m0/s1. The topological polar surface area (TPSA) is 97.3 Å². The van der Waals surface area contributed by atoms with E-state index in [1.165, 1.54) is 12.0 Å². The molecule has 0 aromatic heterocycles. The maximum Gasteiger partial charge on any atom is 0.370 e. The van der Waals surface area contributed by atoms with E-state index in [1.807, 2.05) is 30.3 Å². The molecular weight excluding hydrogens is 434 g/mol. The third-order valence-electron chi connectivity index (χ3n) is 4.48. The van der Waals surface area contributed by atoms with Crippen molar-refractivity contribution in [3.05, 3.63) is 78.4 Å². The van der Waals surface area contributed by atoms with E-state index in [0.29, 0.717) is 11.3 Å². The first-order chi connectivity index (χ1) is 15.4. The first kappa shape index (κ1) is 24.6. The quantitative estimate of drug-likeness (QED) is 0.254. The summed E-state index contributed by atoms with van der Waals surface area (Å²) in [6, 6.07) is 15.3. The molecule has 0 heterocycles. The van der Waals surface area contributed by atoms with Gasteiger partial charge in [0.25, 0.3) is 0 Å². The smallest absolute Gasteiger partial charge is 0.370 e. The number of hydrogen-bond acceptors (Lipinski definition) is 7. The molecule has 1 amide bonds. The Morgan fingerprint density at radius 3 is 2.47 bits per heavy atom. The first-order valence-corrected chi connectivity index (χ1v) is 10.0. The number of carbonyl (C=O) groups excluding carboxylic acids is 3. The average Bonchev–Trinajstić information content (AvgIpc) is 2.84. The lowest BCUT2D eigenvalue weighted by Crippen LogP contribution is -2.42. The van der Waals surface area contributed by atoms with Crippen LogP contribution < -0.4 is 5.43 Å². The van der Waals surface area contributed by atoms with Crippen LogP contribution in [0.3, 0.4) is 0 Å². The van der Waals surface area contributed by atoms with Gasteiger partial charge in [0.05, 0.1) is 12.8 Å². The van der Waals surface area contributed by atoms with Crippen LogP contribution in [0.4, 0.5) is 5.69 Å². The molecule has 0 saturated carbocycles. The van der Waals surface area contributed by atoms with Gasteiger partial charge in [0.15, 0.2) is 0 Å². The minimum absolute atomic E-state index is 0.0565. The Kier molecular flexibility index (Phi) is 9.43. The third kappa shape index (κ3) is 6.95. The lowest BCUT2D eigenvalue weighted by Gasteiger charge is -2.27. The molecule has 0 spiro atoms. The molecule has 0 aliphatic heterocycles. The highest BCUT2D eigenvalue weighted by Crippen LogP contribution is 2.20. The van der Waals surface area contributed by atoms with Crippen LogP contribution in [0.15, 0.2) is 72.4 Å². The largest absolute Gasteiger partial charge is 0.464 e. The summed E-state index contributed by atoms with van der Waals surface area (Å²) in [4.78, 5) is 37.9. The number of anilines is 1. The number of nitrogens with one attached hydrogen (secondary N) is 1. The van der Waals surface area contributed by atoms with Crippen molar-refractivity contribution < 1.29 is 23.9 Å². The number of hydrogen-bond donors (Lipinski definition) is 1. The molecule has 0 fully saturated rings. The van der Waals surface area contributed by atoms with E-state index in [0.717, 1.165) is 11.6 Å². The number of rotatable bonds is 10. The van der Waals surface area contributed by atoms with Gasteiger partial charge in [0, 0.05) is 6.54 Å². The van der Waals surface area contributed by atoms with Gasteiger partial charge in [-0.05, 0) is 30.2 Å². The van der Waals surface area contributed by atoms with Crippen LogP contribution >= 0.6 is 11.6 Å². The first-order valence-electron chi connectivity index (χ1n) is 9.66. The highest BCUT2D eigenvalue weighted by molar-refractivity contribution is 6.82. The molecule has 1 N–H and O–H groups in total. The molecule has 0 aliphatic rings. The minimum atomic E-state index is -0.876. The summed E-state index contributed by atoms with van der Waals surface area (Å²) in [6.45, 7) is 5.25. The lowest BCUT2D eigenvalue weighted by atomic mass is 10.1. The van der Waals surface area contributed by atoms with Crippen molar-refractivity contribution in [3.8, 4) is 0 Å². The fourth-order valence-electron chi connectivity index (χ4n) is 2.69. The van der Waals surface area contributed by atoms with Crippen molar-refractivity contribution in [2.75, 3.05) is 12.5 Å². The number of hydrazone groups is 1. The molecule has 9 heteroatoms. The Hall–Kier alpha value is -3.65. The van der Waals surface area contributed by atoms with Crippen LogP contribution in [0, 0.1) is 0 Å². The van der Waals surface area contributed by atoms with Crippen molar-refractivity contribution >= 4 is 40.3 Å². The van der Waals surface area contributed by atoms with Crippen molar-refractivity contribution in [1.29, 1.82) is 0 Å². The van der Waals surface area contributed by atoms with E-state index in [2.05, 4.69) is 21.8 Å². The van der Waals surface area contributed by atoms with Gasteiger partial charge < -0.3 is 14.4 Å². The van der Waals surface area contributed by atoms with E-state index >= 15 is 0 Å². The Morgan fingerprint density at radius 2 is 1.81 bits per heavy atom. The number of para-hydroxylation sites is 1. The second kappa shape index (κ2) is 12.3. The molecular formula is C23H24ClN3O5. The zero-order valence-electron chi connectivity index (χ0n) is 17.8. The van der Waals surface area contributed by atoms with Gasteiger partial charge in [-0.25, -0.2) is 9.59 Å². The Morgan fingerprint density at radius 1 is 1.16 bits per heavy atom. The number of methoxy groups -OCH3 is 1. The van der Waals surface area contributed by atoms with E-state index in [4.69, 9.17) is 16.3 Å². The van der Waals surface area contributed by atoms with Crippen LogP contribution in [0.5, 0.6) is 0 Å². The second-order valence-electron chi connectivity index (χ2n) is 6.60. The number of benzene rings is 2. The molecule has 8 nitrogen and oxygen atoms in total. The van der Waals surface area contributed by atoms with Gasteiger partial charge >= 0.3 is 11.9 Å². The number of halogens is 1. The van der Waals surface area contributed by atoms with Crippen molar-refractivity contribution in [2.24, 2.45) is 5.10 Å². The molecule has 2 rings (SSSR count). The zero-order valence-corrected chi connectivity index (χ0v) is 18.5. The van der Waals surface area contributed by atoms with Crippen LogP contribution in [0.25, 0.3) is 0 Å². The molecule has 0 bridgehead atoms. The maximum atomic E-state index is 12.6. The molecule has 0 unspecified atom stereocenters. The summed E-state index contributed by atoms with van der Waals surface area (Å²) in [5, 5.41) is 3.39. The predicted octanol–water partition coefficient (Wildman–Crippen LogP) is 3.47. The Bertz CT molecular complexity index is 994. The van der Waals surface area contributed by atoms with E-state index in [9.17, 15) is 14.4 Å². The predicted molar refractivity (Wildman–Crippen MR) is 122 cm³/mol. The molecule has 0 aliphatic carbocycles. The third-order valence-corrected chi connectivity index (χ3v) is 4.72. The summed E-state index contributed by atoms with van der Waals surface area (Å²) in [6.07, 6.45) is 1.13. The van der Waals surface area contributed by atoms with E-state index < -0.39 is 23.9 Å². The molecule has 32 heavy (non-hydrogen) atoms. The molecule has 168 valence electrons. The average molecular weight is 458 g/mol. The zero-order chi connectivity index (χ0) is 23.5. The number of ether oxygens (including phenoxy) is 2. The highest BCUT2D eigenvalue weighted by Gasteiger charge is 2.26. The number of amides is 1. The SMILES string of the molecule is C=CC(=O)N(Cc1ccccc1N/N=C(/Cl)C(=O)OC)[C@@H](C)C(=O)OCc1ccccc1. The highest BCUT2D eigenvalue weighted by atomic mass is 35.5. The summed E-state index contributed by atoms with van der Waals surface area (Å²) in [7, 11) is 1.19. The Balaban J connectivity index is 2.16. The van der Waals surface area contributed by atoms with Crippen molar-refractivity contribution in [2.45, 2.75) is 26.1 Å². The van der Waals surface area contributed by atoms with Crippen LogP contribution in [0.1, 0.15) is 18.1 Å². The number of carbonyl (C=O) groups is 3. The van der Waals surface area contributed by atoms with Crippen LogP contribution in [0.2, 0.25) is 0 Å². The van der Waals surface area contributed by atoms with Crippen molar-refractivity contribution in [3.63, 3.8) is 0 Å². The van der Waals surface area contributed by atoms with Gasteiger partial charge in [0.1, 0.15) is 12.6 Å². The second-order valence-corrected chi connectivity index (χ2v) is 6.96. The lowest BCUT2D eigenvalue weighted by molar-refractivity contribution is -0.154. The van der Waals surface area contributed by atoms with Gasteiger partial charge in [-0.15, -0.1) is 0 Å². The molecule has 0 saturated heterocycles. The van der Waals surface area contributed by atoms with Crippen LogP contribution in [-0.4, -0.2) is 41.1 Å². The Labute approximate surface area is 191 Å². The number of esters is 2. The normalized spacial score (nSPS) is 11.8. The molecule has 2 aromatic carbocycles. The summed E-state index contributed by atoms with van der Waals surface area (Å²) >= 11 is 5.76. The van der Waals surface area contributed by atoms with Gasteiger partial charge in [0.2, 0.25) is 11.1 Å². The fraction of sp³-hybridized carbons (Fsp3) is 0.217. The molecule has 0 radical (unpaired) electrons. The monoisotopic (exact) mass is 457 g/mol. The van der Waals surface area contributed by atoms with Gasteiger partial charge in [-0.2, -0.15) is 5.10 Å². The summed E-state index contributed by atoms with van der Waals surface area (Å²) in [5.74, 6) is -1.80. The summed E-state index contributed by atoms with van der Waals surface area (Å²) < 4.78 is 9.87. The fourth-order valence-corrected chi connectivity index (χ4v) is 2.81. The van der Waals surface area contributed by atoms with E-state index in [-0.39, 0.29) is 18.3 Å². The molecule has 1 atom stereocenters.